The Bertz CT molecular complexity index is 1060. The number of rotatable bonds is 5. The van der Waals surface area contributed by atoms with E-state index in [-0.39, 0.29) is 36.5 Å². The molecule has 3 aromatic rings. The van der Waals surface area contributed by atoms with Gasteiger partial charge in [-0.1, -0.05) is 19.1 Å². The van der Waals surface area contributed by atoms with Crippen molar-refractivity contribution in [3.63, 3.8) is 0 Å². The van der Waals surface area contributed by atoms with E-state index in [1.54, 1.807) is 47.0 Å². The van der Waals surface area contributed by atoms with Gasteiger partial charge in [0.1, 0.15) is 11.5 Å². The van der Waals surface area contributed by atoms with Crippen molar-refractivity contribution in [3.05, 3.63) is 76.6 Å². The molecule has 2 aromatic heterocycles. The van der Waals surface area contributed by atoms with Crippen LogP contribution in [0.2, 0.25) is 0 Å². The smallest absolute Gasteiger partial charge is 0.359 e. The molecule has 0 unspecified atom stereocenters. The van der Waals surface area contributed by atoms with Crippen LogP contribution in [-0.2, 0) is 17.8 Å². The first-order valence-corrected chi connectivity index (χ1v) is 9.91. The lowest BCUT2D eigenvalue weighted by Crippen LogP contribution is -2.38. The monoisotopic (exact) mass is 410 g/mol. The molecule has 1 aliphatic rings. The van der Waals surface area contributed by atoms with Crippen molar-refractivity contribution in [3.8, 4) is 0 Å². The van der Waals surface area contributed by atoms with Crippen LogP contribution in [0.25, 0.3) is 0 Å². The van der Waals surface area contributed by atoms with Gasteiger partial charge in [-0.15, -0.1) is 0 Å². The molecule has 1 atom stereocenters. The van der Waals surface area contributed by atoms with E-state index in [2.05, 4.69) is 10.1 Å². The fourth-order valence-corrected chi connectivity index (χ4v) is 3.93. The molecule has 1 aliphatic heterocycles. The van der Waals surface area contributed by atoms with Gasteiger partial charge in [0.25, 0.3) is 5.91 Å². The second-order valence-corrected chi connectivity index (χ2v) is 7.39. The number of esters is 1. The van der Waals surface area contributed by atoms with E-state index in [1.807, 2.05) is 6.92 Å². The Morgan fingerprint density at radius 2 is 2.03 bits per heavy atom. The number of ether oxygens (including phenoxy) is 1. The predicted molar refractivity (Wildman–Crippen MR) is 108 cm³/mol. The molecule has 7 nitrogen and oxygen atoms in total. The van der Waals surface area contributed by atoms with Gasteiger partial charge in [0, 0.05) is 29.9 Å². The van der Waals surface area contributed by atoms with Crippen molar-refractivity contribution in [2.45, 2.75) is 32.9 Å². The molecule has 0 bridgehead atoms. The minimum absolute atomic E-state index is 0.0382. The molecule has 1 aromatic carbocycles. The van der Waals surface area contributed by atoms with Crippen LogP contribution in [-0.4, -0.2) is 44.7 Å². The van der Waals surface area contributed by atoms with Gasteiger partial charge in [0.2, 0.25) is 0 Å². The number of aromatic nitrogens is 3. The van der Waals surface area contributed by atoms with Crippen LogP contribution in [0.5, 0.6) is 0 Å². The zero-order valence-corrected chi connectivity index (χ0v) is 16.9. The minimum atomic E-state index is -0.507. The predicted octanol–water partition coefficient (Wildman–Crippen LogP) is 3.33. The van der Waals surface area contributed by atoms with E-state index < -0.39 is 5.97 Å². The Labute approximate surface area is 173 Å². The van der Waals surface area contributed by atoms with E-state index in [9.17, 15) is 14.0 Å². The van der Waals surface area contributed by atoms with Crippen molar-refractivity contribution in [2.75, 3.05) is 13.2 Å². The SMILES string of the molecule is CCOC(=O)c1nn(Cc2ccc(F)cc2)c2c1CN(C(=O)c1ccc[nH]1)C[C@H]2C. The van der Waals surface area contributed by atoms with Gasteiger partial charge >= 0.3 is 5.97 Å². The van der Waals surface area contributed by atoms with E-state index in [1.165, 1.54) is 12.1 Å². The highest BCUT2D eigenvalue weighted by Crippen LogP contribution is 2.32. The maximum Gasteiger partial charge on any atom is 0.359 e. The molecular weight excluding hydrogens is 387 g/mol. The van der Waals surface area contributed by atoms with Gasteiger partial charge in [0.15, 0.2) is 5.69 Å². The van der Waals surface area contributed by atoms with Gasteiger partial charge in [-0.2, -0.15) is 5.10 Å². The maximum absolute atomic E-state index is 13.3. The van der Waals surface area contributed by atoms with Crippen LogP contribution in [0, 0.1) is 5.82 Å². The van der Waals surface area contributed by atoms with Gasteiger partial charge in [-0.05, 0) is 36.8 Å². The van der Waals surface area contributed by atoms with Crippen LogP contribution in [0.1, 0.15) is 57.6 Å². The number of carbonyl (C=O) groups is 2. The van der Waals surface area contributed by atoms with E-state index >= 15 is 0 Å². The van der Waals surface area contributed by atoms with Crippen LogP contribution < -0.4 is 0 Å². The second kappa shape index (κ2) is 8.14. The van der Waals surface area contributed by atoms with Crippen LogP contribution in [0.3, 0.4) is 0 Å². The summed E-state index contributed by atoms with van der Waals surface area (Å²) < 4.78 is 20.2. The molecule has 0 aliphatic carbocycles. The van der Waals surface area contributed by atoms with Crippen LogP contribution in [0.4, 0.5) is 4.39 Å². The Morgan fingerprint density at radius 3 is 2.70 bits per heavy atom. The fourth-order valence-electron chi connectivity index (χ4n) is 3.93. The first-order chi connectivity index (χ1) is 14.5. The number of nitrogens with one attached hydrogen (secondary N) is 1. The Kier molecular flexibility index (Phi) is 5.39. The summed E-state index contributed by atoms with van der Waals surface area (Å²) in [5.74, 6) is -0.976. The molecule has 0 spiro atoms. The summed E-state index contributed by atoms with van der Waals surface area (Å²) in [6, 6.07) is 9.70. The first-order valence-electron chi connectivity index (χ1n) is 9.91. The number of hydrogen-bond acceptors (Lipinski definition) is 4. The zero-order valence-electron chi connectivity index (χ0n) is 16.9. The third kappa shape index (κ3) is 3.72. The number of nitrogens with zero attached hydrogens (tertiary/aromatic N) is 3. The highest BCUT2D eigenvalue weighted by molar-refractivity contribution is 5.93. The van der Waals surface area contributed by atoms with Gasteiger partial charge in [0.05, 0.1) is 19.7 Å². The van der Waals surface area contributed by atoms with Crippen LogP contribution in [0.15, 0.2) is 42.6 Å². The normalized spacial score (nSPS) is 15.7. The van der Waals surface area contributed by atoms with E-state index in [0.717, 1.165) is 11.3 Å². The first kappa shape index (κ1) is 19.9. The molecule has 0 saturated heterocycles. The minimum Gasteiger partial charge on any atom is -0.461 e. The lowest BCUT2D eigenvalue weighted by Gasteiger charge is -2.31. The Morgan fingerprint density at radius 1 is 1.27 bits per heavy atom. The summed E-state index contributed by atoms with van der Waals surface area (Å²) >= 11 is 0. The summed E-state index contributed by atoms with van der Waals surface area (Å²) in [6.07, 6.45) is 1.71. The molecule has 0 radical (unpaired) electrons. The van der Waals surface area contributed by atoms with E-state index in [4.69, 9.17) is 4.74 Å². The van der Waals surface area contributed by atoms with Gasteiger partial charge < -0.3 is 14.6 Å². The number of amides is 1. The van der Waals surface area contributed by atoms with Gasteiger partial charge in [-0.3, -0.25) is 9.48 Å². The Hall–Kier alpha value is -3.42. The number of halogens is 1. The van der Waals surface area contributed by atoms with Crippen LogP contribution >= 0.6 is 0 Å². The largest absolute Gasteiger partial charge is 0.461 e. The fraction of sp³-hybridized carbons (Fsp3) is 0.318. The van der Waals surface area contributed by atoms with Gasteiger partial charge in [-0.25, -0.2) is 9.18 Å². The molecular formula is C22H23FN4O3. The van der Waals surface area contributed by atoms with E-state index in [0.29, 0.717) is 24.3 Å². The zero-order chi connectivity index (χ0) is 21.3. The van der Waals surface area contributed by atoms with Crippen molar-refractivity contribution >= 4 is 11.9 Å². The lowest BCUT2D eigenvalue weighted by molar-refractivity contribution is 0.0512. The molecule has 1 amide bonds. The third-order valence-corrected chi connectivity index (χ3v) is 5.23. The topological polar surface area (TPSA) is 80.2 Å². The molecule has 30 heavy (non-hydrogen) atoms. The van der Waals surface area contributed by atoms with Crippen molar-refractivity contribution in [2.24, 2.45) is 0 Å². The molecule has 156 valence electrons. The summed E-state index contributed by atoms with van der Waals surface area (Å²) in [7, 11) is 0. The third-order valence-electron chi connectivity index (χ3n) is 5.23. The highest BCUT2D eigenvalue weighted by atomic mass is 19.1. The lowest BCUT2D eigenvalue weighted by atomic mass is 9.95. The quantitative estimate of drug-likeness (QED) is 0.655. The number of aromatic amines is 1. The summed E-state index contributed by atoms with van der Waals surface area (Å²) in [5, 5.41) is 4.54. The Balaban J connectivity index is 1.71. The molecule has 8 heteroatoms. The molecule has 4 rings (SSSR count). The number of benzene rings is 1. The van der Waals surface area contributed by atoms with Crippen molar-refractivity contribution in [1.82, 2.24) is 19.7 Å². The van der Waals surface area contributed by atoms with Crippen molar-refractivity contribution in [1.29, 1.82) is 0 Å². The highest BCUT2D eigenvalue weighted by Gasteiger charge is 2.35. The summed E-state index contributed by atoms with van der Waals surface area (Å²) in [4.78, 5) is 30.1. The number of hydrogen-bond donors (Lipinski definition) is 1. The summed E-state index contributed by atoms with van der Waals surface area (Å²) in [5.41, 5.74) is 3.20. The molecule has 3 heterocycles. The number of carbonyl (C=O) groups excluding carboxylic acids is 2. The number of fused-ring (bicyclic) bond motifs is 1. The molecule has 0 fully saturated rings. The summed E-state index contributed by atoms with van der Waals surface area (Å²) in [6.45, 7) is 5.15. The average Bonchev–Trinajstić information content (AvgIpc) is 3.38. The van der Waals surface area contributed by atoms with Crippen molar-refractivity contribution < 1.29 is 18.7 Å². The molecule has 0 saturated carbocycles. The average molecular weight is 410 g/mol. The molecule has 1 N–H and O–H groups in total. The second-order valence-electron chi connectivity index (χ2n) is 7.39. The standard InChI is InChI=1S/C22H23FN4O3/c1-3-30-22(29)19-17-13-26(21(28)18-5-4-10-24-18)11-14(2)20(17)27(25-19)12-15-6-8-16(23)9-7-15/h4-10,14,24H,3,11-13H2,1-2H3/t14-/m1/s1. The number of H-pyrrole nitrogens is 1. The maximum atomic E-state index is 13.3.